The van der Waals surface area contributed by atoms with Crippen molar-refractivity contribution in [1.29, 1.82) is 0 Å². The fourth-order valence-electron chi connectivity index (χ4n) is 1.07. The lowest BCUT2D eigenvalue weighted by atomic mass is 10.1. The van der Waals surface area contributed by atoms with E-state index in [1.165, 1.54) is 13.0 Å². The number of carbonyl (C=O) groups is 1. The zero-order chi connectivity index (χ0) is 12.0. The lowest BCUT2D eigenvalue weighted by molar-refractivity contribution is -0.109. The first-order chi connectivity index (χ1) is 7.63. The van der Waals surface area contributed by atoms with Gasteiger partial charge in [0, 0.05) is 18.1 Å². The molecule has 0 saturated heterocycles. The highest BCUT2D eigenvalue weighted by molar-refractivity contribution is 8.13. The Kier molecular flexibility index (Phi) is 4.90. The van der Waals surface area contributed by atoms with Crippen LogP contribution in [0.4, 0.5) is 0 Å². The first-order valence-electron chi connectivity index (χ1n) is 4.68. The van der Waals surface area contributed by atoms with Gasteiger partial charge in [0.25, 0.3) is 0 Å². The van der Waals surface area contributed by atoms with Gasteiger partial charge >= 0.3 is 0 Å². The topological polar surface area (TPSA) is 57.5 Å². The molecule has 3 nitrogen and oxygen atoms in total. The molecule has 0 aliphatic carbocycles. The van der Waals surface area contributed by atoms with Crippen molar-refractivity contribution in [3.63, 3.8) is 0 Å². The third kappa shape index (κ3) is 3.97. The summed E-state index contributed by atoms with van der Waals surface area (Å²) in [6.07, 6.45) is 0. The summed E-state index contributed by atoms with van der Waals surface area (Å²) in [5, 5.41) is 18.3. The van der Waals surface area contributed by atoms with Gasteiger partial charge in [-0.2, -0.15) is 0 Å². The van der Waals surface area contributed by atoms with Crippen LogP contribution in [0.5, 0.6) is 5.75 Å². The summed E-state index contributed by atoms with van der Waals surface area (Å²) < 4.78 is 0. The molecule has 0 aliphatic heterocycles. The third-order valence-corrected chi connectivity index (χ3v) is 2.53. The van der Waals surface area contributed by atoms with Crippen molar-refractivity contribution >= 4 is 16.9 Å². The van der Waals surface area contributed by atoms with Crippen molar-refractivity contribution in [1.82, 2.24) is 0 Å². The molecule has 16 heavy (non-hydrogen) atoms. The largest absolute Gasteiger partial charge is 0.508 e. The highest BCUT2D eigenvalue weighted by Crippen LogP contribution is 2.17. The smallest absolute Gasteiger partial charge is 0.186 e. The van der Waals surface area contributed by atoms with Crippen LogP contribution < -0.4 is 0 Å². The minimum absolute atomic E-state index is 0.0380. The van der Waals surface area contributed by atoms with Gasteiger partial charge in [0.05, 0.1) is 12.4 Å². The Morgan fingerprint density at radius 3 is 2.88 bits per heavy atom. The Morgan fingerprint density at radius 2 is 2.25 bits per heavy atom. The molecule has 1 aromatic carbocycles. The van der Waals surface area contributed by atoms with Gasteiger partial charge in [-0.3, -0.25) is 4.79 Å². The Morgan fingerprint density at radius 1 is 1.50 bits per heavy atom. The molecule has 0 atom stereocenters. The quantitative estimate of drug-likeness (QED) is 0.764. The fraction of sp³-hybridized carbons (Fsp3) is 0.250. The lowest BCUT2D eigenvalue weighted by Gasteiger charge is -2.00. The van der Waals surface area contributed by atoms with Crippen LogP contribution in [0.25, 0.3) is 0 Å². The Balaban J connectivity index is 2.70. The van der Waals surface area contributed by atoms with Crippen LogP contribution in [0.1, 0.15) is 18.1 Å². The normalized spacial score (nSPS) is 9.38. The van der Waals surface area contributed by atoms with E-state index < -0.39 is 0 Å². The maximum atomic E-state index is 10.6. The van der Waals surface area contributed by atoms with E-state index in [4.69, 9.17) is 5.11 Å². The second kappa shape index (κ2) is 6.21. The van der Waals surface area contributed by atoms with E-state index in [0.29, 0.717) is 16.9 Å². The van der Waals surface area contributed by atoms with Crippen LogP contribution in [-0.2, 0) is 11.4 Å². The van der Waals surface area contributed by atoms with Gasteiger partial charge in [-0.05, 0) is 18.2 Å². The molecule has 0 amide bonds. The number of aliphatic hydroxyl groups is 1. The summed E-state index contributed by atoms with van der Waals surface area (Å²) >= 11 is 1.15. The van der Waals surface area contributed by atoms with Crippen molar-refractivity contribution < 1.29 is 15.0 Å². The predicted octanol–water partition coefficient (Wildman–Crippen LogP) is 1.52. The van der Waals surface area contributed by atoms with Gasteiger partial charge in [0.15, 0.2) is 5.12 Å². The Labute approximate surface area is 98.5 Å². The molecule has 1 rings (SSSR count). The van der Waals surface area contributed by atoms with Crippen LogP contribution in [0, 0.1) is 11.8 Å². The van der Waals surface area contributed by atoms with Gasteiger partial charge in [-0.15, -0.1) is 0 Å². The minimum Gasteiger partial charge on any atom is -0.508 e. The van der Waals surface area contributed by atoms with Crippen LogP contribution in [0.3, 0.4) is 0 Å². The number of hydrogen-bond acceptors (Lipinski definition) is 4. The monoisotopic (exact) mass is 236 g/mol. The van der Waals surface area contributed by atoms with E-state index >= 15 is 0 Å². The fourth-order valence-corrected chi connectivity index (χ4v) is 1.41. The highest BCUT2D eigenvalue weighted by atomic mass is 32.2. The second-order valence-corrected chi connectivity index (χ2v) is 4.24. The number of hydrogen-bond donors (Lipinski definition) is 2. The zero-order valence-electron chi connectivity index (χ0n) is 8.86. The van der Waals surface area contributed by atoms with E-state index in [-0.39, 0.29) is 17.5 Å². The van der Waals surface area contributed by atoms with E-state index in [9.17, 15) is 9.90 Å². The summed E-state index contributed by atoms with van der Waals surface area (Å²) in [7, 11) is 0. The number of aliphatic hydroxyl groups excluding tert-OH is 1. The van der Waals surface area contributed by atoms with Crippen LogP contribution in [0.2, 0.25) is 0 Å². The molecule has 0 radical (unpaired) electrons. The lowest BCUT2D eigenvalue weighted by Crippen LogP contribution is -1.86. The van der Waals surface area contributed by atoms with Crippen molar-refractivity contribution in [3.05, 3.63) is 29.3 Å². The molecule has 4 heteroatoms. The molecule has 2 N–H and O–H groups in total. The molecule has 0 unspecified atom stereocenters. The van der Waals surface area contributed by atoms with E-state index in [2.05, 4.69) is 11.8 Å². The highest BCUT2D eigenvalue weighted by Gasteiger charge is 1.99. The van der Waals surface area contributed by atoms with Crippen molar-refractivity contribution in [2.75, 3.05) is 5.75 Å². The van der Waals surface area contributed by atoms with Gasteiger partial charge in [0.1, 0.15) is 5.75 Å². The van der Waals surface area contributed by atoms with Crippen LogP contribution in [-0.4, -0.2) is 21.1 Å². The second-order valence-electron chi connectivity index (χ2n) is 3.08. The average Bonchev–Trinajstić information content (AvgIpc) is 2.26. The molecule has 0 aliphatic rings. The zero-order valence-corrected chi connectivity index (χ0v) is 9.67. The number of thioether (sulfide) groups is 1. The number of aromatic hydroxyl groups is 1. The van der Waals surface area contributed by atoms with Crippen molar-refractivity contribution in [3.8, 4) is 17.6 Å². The van der Waals surface area contributed by atoms with Gasteiger partial charge in [-0.1, -0.05) is 23.6 Å². The summed E-state index contributed by atoms with van der Waals surface area (Å²) in [5.41, 5.74) is 1.16. The average molecular weight is 236 g/mol. The minimum atomic E-state index is -0.219. The summed E-state index contributed by atoms with van der Waals surface area (Å²) in [5.74, 6) is 6.20. The summed E-state index contributed by atoms with van der Waals surface area (Å²) in [6.45, 7) is 1.28. The molecular formula is C12H12O3S. The van der Waals surface area contributed by atoms with Gasteiger partial charge in [-0.25, -0.2) is 0 Å². The molecular weight excluding hydrogens is 224 g/mol. The first kappa shape index (κ1) is 12.6. The van der Waals surface area contributed by atoms with E-state index in [1.807, 2.05) is 0 Å². The molecule has 0 spiro atoms. The van der Waals surface area contributed by atoms with Crippen molar-refractivity contribution in [2.45, 2.75) is 13.5 Å². The van der Waals surface area contributed by atoms with Gasteiger partial charge < -0.3 is 10.2 Å². The van der Waals surface area contributed by atoms with E-state index in [0.717, 1.165) is 11.8 Å². The molecule has 0 bridgehead atoms. The maximum absolute atomic E-state index is 10.6. The van der Waals surface area contributed by atoms with Crippen LogP contribution >= 0.6 is 11.8 Å². The molecule has 0 aromatic heterocycles. The Hall–Kier alpha value is -1.44. The number of rotatable bonds is 2. The first-order valence-corrected chi connectivity index (χ1v) is 5.67. The van der Waals surface area contributed by atoms with Gasteiger partial charge in [0.2, 0.25) is 0 Å². The third-order valence-electron chi connectivity index (χ3n) is 1.83. The SMILES string of the molecule is CC(=O)SCC#Cc1ccc(O)c(CO)c1. The molecule has 1 aromatic rings. The van der Waals surface area contributed by atoms with Crippen molar-refractivity contribution in [2.24, 2.45) is 0 Å². The molecule has 84 valence electrons. The number of benzene rings is 1. The van der Waals surface area contributed by atoms with E-state index in [1.54, 1.807) is 12.1 Å². The maximum Gasteiger partial charge on any atom is 0.186 e. The molecule has 0 saturated carbocycles. The number of phenols is 1. The molecule has 0 fully saturated rings. The Bertz CT molecular complexity index is 443. The van der Waals surface area contributed by atoms with Crippen LogP contribution in [0.15, 0.2) is 18.2 Å². The standard InChI is InChI=1S/C12H12O3S/c1-9(14)16-6-2-3-10-4-5-12(15)11(7-10)8-13/h4-5,7,13,15H,6,8H2,1H3. The summed E-state index contributed by atoms with van der Waals surface area (Å²) in [4.78, 5) is 10.6. The molecule has 0 heterocycles. The predicted molar refractivity (Wildman–Crippen MR) is 64.0 cm³/mol. The summed E-state index contributed by atoms with van der Waals surface area (Å²) in [6, 6.07) is 4.79. The number of carbonyl (C=O) groups excluding carboxylic acids is 1.